The number of aromatic nitrogens is 4. The number of rotatable bonds is 4. The molecule has 3 rings (SSSR count). The van der Waals surface area contributed by atoms with Gasteiger partial charge in [0.05, 0.1) is 5.69 Å². The van der Waals surface area contributed by atoms with Crippen LogP contribution in [0.3, 0.4) is 0 Å². The van der Waals surface area contributed by atoms with Gasteiger partial charge in [-0.3, -0.25) is 0 Å². The van der Waals surface area contributed by atoms with Crippen molar-refractivity contribution in [1.29, 1.82) is 0 Å². The highest BCUT2D eigenvalue weighted by Gasteiger charge is 2.01. The quantitative estimate of drug-likeness (QED) is 0.795. The van der Waals surface area contributed by atoms with Gasteiger partial charge in [0.2, 0.25) is 0 Å². The molecule has 19 heavy (non-hydrogen) atoms. The normalized spacial score (nSPS) is 10.6. The first-order valence-corrected chi connectivity index (χ1v) is 7.29. The number of nitrogens with zero attached hydrogens (tertiary/aromatic N) is 4. The zero-order valence-electron chi connectivity index (χ0n) is 9.82. The third kappa shape index (κ3) is 2.99. The van der Waals surface area contributed by atoms with Gasteiger partial charge >= 0.3 is 0 Å². The second kappa shape index (κ2) is 5.50. The Morgan fingerprint density at radius 3 is 3.00 bits per heavy atom. The minimum absolute atomic E-state index is 0.801. The molecule has 2 heterocycles. The number of benzene rings is 1. The number of hydrogen-bond donors (Lipinski definition) is 1. The minimum Gasteiger partial charge on any atom is -0.380 e. The Balaban J connectivity index is 1.73. The number of halogens is 1. The topological polar surface area (TPSA) is 55.6 Å². The van der Waals surface area contributed by atoms with Gasteiger partial charge in [-0.1, -0.05) is 6.07 Å². The van der Waals surface area contributed by atoms with Crippen molar-refractivity contribution in [3.05, 3.63) is 51.4 Å². The van der Waals surface area contributed by atoms with Gasteiger partial charge in [-0.15, -0.1) is 16.4 Å². The Morgan fingerprint density at radius 1 is 1.32 bits per heavy atom. The lowest BCUT2D eigenvalue weighted by molar-refractivity contribution is 0.789. The molecule has 96 valence electrons. The molecular formula is C12H10BrN5S. The molecule has 0 atom stereocenters. The van der Waals surface area contributed by atoms with Crippen molar-refractivity contribution >= 4 is 33.0 Å². The molecule has 5 nitrogen and oxygen atoms in total. The maximum absolute atomic E-state index is 3.87. The van der Waals surface area contributed by atoms with E-state index in [1.54, 1.807) is 22.3 Å². The third-order valence-corrected chi connectivity index (χ3v) is 4.25. The number of nitrogens with one attached hydrogen (secondary N) is 1. The van der Waals surface area contributed by atoms with Gasteiger partial charge in [-0.2, -0.15) is 0 Å². The summed E-state index contributed by atoms with van der Waals surface area (Å²) in [4.78, 5) is 1.28. The Morgan fingerprint density at radius 2 is 2.26 bits per heavy atom. The largest absolute Gasteiger partial charge is 0.380 e. The summed E-state index contributed by atoms with van der Waals surface area (Å²) in [5, 5.41) is 16.6. The molecule has 1 aromatic carbocycles. The highest BCUT2D eigenvalue weighted by Crippen LogP contribution is 2.21. The number of thiophene rings is 1. The van der Waals surface area contributed by atoms with Crippen LogP contribution in [-0.4, -0.2) is 20.2 Å². The van der Waals surface area contributed by atoms with Gasteiger partial charge in [0.1, 0.15) is 6.33 Å². The first-order valence-electron chi connectivity index (χ1n) is 5.61. The average molecular weight is 336 g/mol. The third-order valence-electron chi connectivity index (χ3n) is 2.55. The Bertz CT molecular complexity index is 664. The summed E-state index contributed by atoms with van der Waals surface area (Å²) in [6.07, 6.45) is 1.58. The summed E-state index contributed by atoms with van der Waals surface area (Å²) >= 11 is 5.18. The van der Waals surface area contributed by atoms with Crippen LogP contribution < -0.4 is 5.32 Å². The fraction of sp³-hybridized carbons (Fsp3) is 0.0833. The van der Waals surface area contributed by atoms with Crippen LogP contribution in [0.5, 0.6) is 0 Å². The van der Waals surface area contributed by atoms with Gasteiger partial charge in [0, 0.05) is 27.0 Å². The molecule has 0 spiro atoms. The molecule has 0 aliphatic rings. The Labute approximate surface area is 122 Å². The maximum atomic E-state index is 3.87. The molecule has 0 aliphatic carbocycles. The predicted molar refractivity (Wildman–Crippen MR) is 78.5 cm³/mol. The van der Waals surface area contributed by atoms with Gasteiger partial charge < -0.3 is 5.32 Å². The van der Waals surface area contributed by atoms with Gasteiger partial charge in [0.25, 0.3) is 0 Å². The van der Waals surface area contributed by atoms with E-state index in [0.29, 0.717) is 0 Å². The second-order valence-electron chi connectivity index (χ2n) is 3.89. The van der Waals surface area contributed by atoms with Crippen LogP contribution in [0.15, 0.2) is 46.5 Å². The second-order valence-corrected chi connectivity index (χ2v) is 5.80. The summed E-state index contributed by atoms with van der Waals surface area (Å²) < 4.78 is 2.75. The average Bonchev–Trinajstić information content (AvgIpc) is 3.08. The lowest BCUT2D eigenvalue weighted by Crippen LogP contribution is -2.00. The SMILES string of the molecule is Brc1csc(CNc2cccc(-n3cnnn3)c2)c1. The first-order chi connectivity index (χ1) is 9.31. The van der Waals surface area contributed by atoms with E-state index in [2.05, 4.69) is 48.2 Å². The van der Waals surface area contributed by atoms with Gasteiger partial charge in [-0.25, -0.2) is 4.68 Å². The number of hydrogen-bond acceptors (Lipinski definition) is 5. The van der Waals surface area contributed by atoms with Crippen molar-refractivity contribution in [3.8, 4) is 5.69 Å². The summed E-state index contributed by atoms with van der Waals surface area (Å²) in [5.41, 5.74) is 1.97. The van der Waals surface area contributed by atoms with Crippen molar-refractivity contribution < 1.29 is 0 Å². The molecule has 7 heteroatoms. The molecule has 0 fully saturated rings. The fourth-order valence-corrected chi connectivity index (χ4v) is 3.06. The first kappa shape index (κ1) is 12.3. The van der Waals surface area contributed by atoms with Crippen LogP contribution in [0.25, 0.3) is 5.69 Å². The van der Waals surface area contributed by atoms with Crippen molar-refractivity contribution in [2.45, 2.75) is 6.54 Å². The molecule has 0 saturated carbocycles. The smallest absolute Gasteiger partial charge is 0.143 e. The molecule has 0 saturated heterocycles. The number of tetrazole rings is 1. The van der Waals surface area contributed by atoms with E-state index in [1.165, 1.54) is 4.88 Å². The van der Waals surface area contributed by atoms with E-state index in [1.807, 2.05) is 24.3 Å². The van der Waals surface area contributed by atoms with Crippen LogP contribution in [0.2, 0.25) is 0 Å². The Hall–Kier alpha value is -1.73. The summed E-state index contributed by atoms with van der Waals surface area (Å²) in [7, 11) is 0. The van der Waals surface area contributed by atoms with E-state index in [9.17, 15) is 0 Å². The molecule has 3 aromatic rings. The maximum Gasteiger partial charge on any atom is 0.143 e. The molecule has 0 aliphatic heterocycles. The minimum atomic E-state index is 0.801. The zero-order chi connectivity index (χ0) is 13.1. The van der Waals surface area contributed by atoms with E-state index < -0.39 is 0 Å². The predicted octanol–water partition coefficient (Wildman–Crippen LogP) is 3.10. The van der Waals surface area contributed by atoms with Crippen LogP contribution >= 0.6 is 27.3 Å². The standard InChI is InChI=1S/C12H10BrN5S/c13-9-4-12(19-7-9)6-14-10-2-1-3-11(5-10)18-8-15-16-17-18/h1-5,7-8,14H,6H2. The van der Waals surface area contributed by atoms with Gasteiger partial charge in [0.15, 0.2) is 0 Å². The molecule has 0 bridgehead atoms. The Kier molecular flexibility index (Phi) is 3.56. The zero-order valence-corrected chi connectivity index (χ0v) is 12.2. The lowest BCUT2D eigenvalue weighted by Gasteiger charge is -2.06. The molecule has 0 amide bonds. The summed E-state index contributed by atoms with van der Waals surface area (Å²) in [6.45, 7) is 0.801. The van der Waals surface area contributed by atoms with E-state index in [0.717, 1.165) is 22.4 Å². The van der Waals surface area contributed by atoms with Crippen molar-refractivity contribution in [2.75, 3.05) is 5.32 Å². The van der Waals surface area contributed by atoms with Gasteiger partial charge in [-0.05, 0) is 50.6 Å². The molecular weight excluding hydrogens is 326 g/mol. The summed E-state index contributed by atoms with van der Waals surface area (Å²) in [6, 6.07) is 10.1. The highest BCUT2D eigenvalue weighted by molar-refractivity contribution is 9.10. The molecule has 0 radical (unpaired) electrons. The highest BCUT2D eigenvalue weighted by atomic mass is 79.9. The monoisotopic (exact) mass is 335 g/mol. The van der Waals surface area contributed by atoms with Crippen molar-refractivity contribution in [2.24, 2.45) is 0 Å². The van der Waals surface area contributed by atoms with Crippen LogP contribution in [0, 0.1) is 0 Å². The lowest BCUT2D eigenvalue weighted by atomic mass is 10.2. The van der Waals surface area contributed by atoms with Crippen LogP contribution in [0.1, 0.15) is 4.88 Å². The van der Waals surface area contributed by atoms with Crippen LogP contribution in [0.4, 0.5) is 5.69 Å². The van der Waals surface area contributed by atoms with E-state index >= 15 is 0 Å². The van der Waals surface area contributed by atoms with E-state index in [4.69, 9.17) is 0 Å². The molecule has 1 N–H and O–H groups in total. The summed E-state index contributed by atoms with van der Waals surface area (Å²) in [5.74, 6) is 0. The van der Waals surface area contributed by atoms with Crippen LogP contribution in [-0.2, 0) is 6.54 Å². The van der Waals surface area contributed by atoms with Crippen molar-refractivity contribution in [3.63, 3.8) is 0 Å². The van der Waals surface area contributed by atoms with E-state index in [-0.39, 0.29) is 0 Å². The molecule has 0 unspecified atom stereocenters. The number of anilines is 1. The van der Waals surface area contributed by atoms with Crippen molar-refractivity contribution in [1.82, 2.24) is 20.2 Å². The fourth-order valence-electron chi connectivity index (χ4n) is 1.67. The molecule has 2 aromatic heterocycles.